The van der Waals surface area contributed by atoms with E-state index in [2.05, 4.69) is 33.3 Å². The van der Waals surface area contributed by atoms with Gasteiger partial charge in [0.05, 0.1) is 0 Å². The first-order valence-corrected chi connectivity index (χ1v) is 11.6. The Labute approximate surface area is 151 Å². The van der Waals surface area contributed by atoms with Crippen LogP contribution < -0.4 is 0 Å². The lowest BCUT2D eigenvalue weighted by atomic mass is 9.46. The van der Waals surface area contributed by atoms with E-state index in [1.54, 1.807) is 12.8 Å². The summed E-state index contributed by atoms with van der Waals surface area (Å²) in [6, 6.07) is 0. The summed E-state index contributed by atoms with van der Waals surface area (Å²) >= 11 is 0. The molecule has 0 heteroatoms. The quantitative estimate of drug-likeness (QED) is 0.610. The number of hydrogen-bond donors (Lipinski definition) is 0. The molecule has 11 aliphatic carbocycles. The van der Waals surface area contributed by atoms with Gasteiger partial charge in [0.2, 0.25) is 0 Å². The van der Waals surface area contributed by atoms with Crippen LogP contribution in [0.2, 0.25) is 0 Å². The highest BCUT2D eigenvalue weighted by molar-refractivity contribution is 5.67. The van der Waals surface area contributed by atoms with E-state index >= 15 is 0 Å². The van der Waals surface area contributed by atoms with E-state index in [0.717, 1.165) is 70.5 Å². The van der Waals surface area contributed by atoms with Crippen LogP contribution in [-0.2, 0) is 0 Å². The molecule has 0 aliphatic heterocycles. The summed E-state index contributed by atoms with van der Waals surface area (Å²) in [4.78, 5) is 0. The van der Waals surface area contributed by atoms with Crippen molar-refractivity contribution in [1.29, 1.82) is 0 Å². The average Bonchev–Trinajstić information content (AvgIpc) is 3.38. The van der Waals surface area contributed by atoms with Crippen molar-refractivity contribution in [3.05, 3.63) is 22.3 Å². The minimum absolute atomic E-state index is 0.615. The molecule has 7 fully saturated rings. The van der Waals surface area contributed by atoms with E-state index in [4.69, 9.17) is 0 Å². The number of hydrogen-bond acceptors (Lipinski definition) is 0. The topological polar surface area (TPSA) is 0 Å². The molecule has 0 amide bonds. The first-order valence-electron chi connectivity index (χ1n) is 11.6. The van der Waals surface area contributed by atoms with Gasteiger partial charge in [-0.05, 0) is 112 Å². The van der Waals surface area contributed by atoms with Crippen LogP contribution in [0.4, 0.5) is 0 Å². The number of rotatable bonds is 1. The van der Waals surface area contributed by atoms with Gasteiger partial charge in [-0.25, -0.2) is 0 Å². The smallest absolute Gasteiger partial charge is 0.00590 e. The highest BCUT2D eigenvalue weighted by Gasteiger charge is 2.92. The van der Waals surface area contributed by atoms with Crippen molar-refractivity contribution in [3.63, 3.8) is 0 Å². The molecule has 11 rings (SSSR count). The first kappa shape index (κ1) is 12.8. The highest BCUT2D eigenvalue weighted by Crippen LogP contribution is 2.97. The summed E-state index contributed by atoms with van der Waals surface area (Å²) in [5.41, 5.74) is 9.51. The normalized spacial score (nSPS) is 75.8. The van der Waals surface area contributed by atoms with E-state index < -0.39 is 0 Å². The van der Waals surface area contributed by atoms with E-state index in [-0.39, 0.29) is 0 Å². The van der Waals surface area contributed by atoms with Crippen LogP contribution in [0, 0.1) is 81.8 Å². The van der Waals surface area contributed by atoms with Crippen molar-refractivity contribution in [3.8, 4) is 0 Å². The zero-order valence-electron chi connectivity index (χ0n) is 16.0. The maximum Gasteiger partial charge on any atom is -0.00590 e. The molecule has 0 N–H and O–H groups in total. The number of allylic oxidation sites excluding steroid dienone is 4. The van der Waals surface area contributed by atoms with Crippen molar-refractivity contribution in [2.75, 3.05) is 0 Å². The van der Waals surface area contributed by atoms with Gasteiger partial charge >= 0.3 is 0 Å². The SMILES string of the molecule is CCC1C2=C3C4C(C)C2=C2C4C4C2C2C5CC6CC5C4C62C1(C)C3C. The Morgan fingerprint density at radius 2 is 1.68 bits per heavy atom. The van der Waals surface area contributed by atoms with Crippen molar-refractivity contribution in [1.82, 2.24) is 0 Å². The highest BCUT2D eigenvalue weighted by atomic mass is 15.0. The van der Waals surface area contributed by atoms with Gasteiger partial charge in [0.1, 0.15) is 0 Å². The second-order valence-corrected chi connectivity index (χ2v) is 12.1. The molecule has 0 aromatic rings. The molecule has 0 nitrogen and oxygen atoms in total. The standard InChI is InChI=1S/C25H30/c1-5-13-17-15-8(2)14-16(17)9(3)24(13,4)25-10-6-11-12(7-10)23(25)21-19(15)18(14)20(21)22(11)25/h8-14,18,20-23H,5-7H2,1-4H3. The molecule has 0 saturated heterocycles. The zero-order chi connectivity index (χ0) is 16.4. The Hall–Kier alpha value is -0.520. The minimum atomic E-state index is 0.615. The van der Waals surface area contributed by atoms with Crippen molar-refractivity contribution in [2.45, 2.75) is 47.0 Å². The molecule has 0 aromatic heterocycles. The molecule has 7 saturated carbocycles. The van der Waals surface area contributed by atoms with Crippen molar-refractivity contribution < 1.29 is 0 Å². The van der Waals surface area contributed by atoms with E-state index in [1.807, 2.05) is 16.7 Å². The second-order valence-electron chi connectivity index (χ2n) is 12.1. The van der Waals surface area contributed by atoms with E-state index in [1.165, 1.54) is 12.3 Å². The Balaban J connectivity index is 1.49. The lowest BCUT2D eigenvalue weighted by Gasteiger charge is -2.57. The van der Waals surface area contributed by atoms with Gasteiger partial charge in [0.15, 0.2) is 0 Å². The van der Waals surface area contributed by atoms with Gasteiger partial charge in [0, 0.05) is 0 Å². The molecule has 0 radical (unpaired) electrons. The average molecular weight is 331 g/mol. The summed E-state index contributed by atoms with van der Waals surface area (Å²) in [7, 11) is 0. The third-order valence-electron chi connectivity index (χ3n) is 13.1. The second kappa shape index (κ2) is 3.04. The van der Waals surface area contributed by atoms with Crippen LogP contribution in [0.1, 0.15) is 47.0 Å². The van der Waals surface area contributed by atoms with Gasteiger partial charge in [0.25, 0.3) is 0 Å². The Morgan fingerprint density at radius 3 is 2.44 bits per heavy atom. The van der Waals surface area contributed by atoms with Gasteiger partial charge in [-0.15, -0.1) is 0 Å². The first-order chi connectivity index (χ1) is 12.1. The van der Waals surface area contributed by atoms with Crippen LogP contribution in [0.5, 0.6) is 0 Å². The third kappa shape index (κ3) is 0.746. The van der Waals surface area contributed by atoms with E-state index in [0.29, 0.717) is 5.41 Å². The van der Waals surface area contributed by atoms with Crippen LogP contribution >= 0.6 is 0 Å². The fourth-order valence-electron chi connectivity index (χ4n) is 13.6. The fraction of sp³-hybridized carbons (Fsp3) is 0.840. The molecule has 130 valence electrons. The van der Waals surface area contributed by atoms with Crippen molar-refractivity contribution >= 4 is 0 Å². The summed E-state index contributed by atoms with van der Waals surface area (Å²) in [6.07, 6.45) is 4.71. The molecular formula is C25H30. The van der Waals surface area contributed by atoms with Crippen LogP contribution in [0.15, 0.2) is 22.3 Å². The summed E-state index contributed by atoms with van der Waals surface area (Å²) in [5.74, 6) is 12.7. The van der Waals surface area contributed by atoms with Gasteiger partial charge in [-0.1, -0.05) is 38.8 Å². The molecule has 14 unspecified atom stereocenters. The Bertz CT molecular complexity index is 888. The van der Waals surface area contributed by atoms with Gasteiger partial charge in [-0.3, -0.25) is 0 Å². The predicted molar refractivity (Wildman–Crippen MR) is 97.3 cm³/mol. The molecule has 0 heterocycles. The minimum Gasteiger partial charge on any atom is -0.0648 e. The zero-order valence-corrected chi connectivity index (χ0v) is 16.0. The molecule has 1 spiro atoms. The monoisotopic (exact) mass is 330 g/mol. The lowest BCUT2D eigenvalue weighted by Crippen LogP contribution is -2.53. The summed E-state index contributed by atoms with van der Waals surface area (Å²) in [5, 5.41) is 0. The molecule has 0 aromatic carbocycles. The largest absolute Gasteiger partial charge is 0.0648 e. The maximum atomic E-state index is 2.85. The van der Waals surface area contributed by atoms with Crippen molar-refractivity contribution in [2.24, 2.45) is 81.8 Å². The molecular weight excluding hydrogens is 300 g/mol. The third-order valence-corrected chi connectivity index (χ3v) is 13.1. The maximum absolute atomic E-state index is 2.85. The van der Waals surface area contributed by atoms with Crippen LogP contribution in [-0.4, -0.2) is 0 Å². The van der Waals surface area contributed by atoms with Crippen LogP contribution in [0.3, 0.4) is 0 Å². The van der Waals surface area contributed by atoms with Gasteiger partial charge in [-0.2, -0.15) is 0 Å². The summed E-state index contributed by atoms with van der Waals surface area (Å²) < 4.78 is 0. The Morgan fingerprint density at radius 1 is 0.920 bits per heavy atom. The lowest BCUT2D eigenvalue weighted by molar-refractivity contribution is -0.0822. The van der Waals surface area contributed by atoms with Crippen LogP contribution in [0.25, 0.3) is 0 Å². The van der Waals surface area contributed by atoms with E-state index in [9.17, 15) is 0 Å². The fourth-order valence-corrected chi connectivity index (χ4v) is 13.6. The van der Waals surface area contributed by atoms with Gasteiger partial charge < -0.3 is 0 Å². The molecule has 25 heavy (non-hydrogen) atoms. The summed E-state index contributed by atoms with van der Waals surface area (Å²) in [6.45, 7) is 10.7. The molecule has 14 atom stereocenters. The molecule has 11 aliphatic rings. The Kier molecular flexibility index (Phi) is 1.56. The predicted octanol–water partition coefficient (Wildman–Crippen LogP) is 5.32. The molecule has 13 bridgehead atoms.